The van der Waals surface area contributed by atoms with Crippen LogP contribution in [0.2, 0.25) is 0 Å². The molecule has 1 aliphatic rings. The predicted octanol–water partition coefficient (Wildman–Crippen LogP) is 1.78. The van der Waals surface area contributed by atoms with E-state index in [0.717, 1.165) is 22.1 Å². The number of carbonyl (C=O) groups is 1. The summed E-state index contributed by atoms with van der Waals surface area (Å²) >= 11 is 0. The molecule has 1 aliphatic heterocycles. The molecule has 0 radical (unpaired) electrons. The fourth-order valence-corrected chi connectivity index (χ4v) is 2.97. The Kier molecular flexibility index (Phi) is 4.69. The van der Waals surface area contributed by atoms with Gasteiger partial charge in [-0.2, -0.15) is 0 Å². The first-order chi connectivity index (χ1) is 11.5. The Bertz CT molecular complexity index is 826. The number of benzene rings is 1. The lowest BCUT2D eigenvalue weighted by Gasteiger charge is -2.31. The Morgan fingerprint density at radius 1 is 1.29 bits per heavy atom. The molecule has 0 spiro atoms. The van der Waals surface area contributed by atoms with Crippen molar-refractivity contribution >= 4 is 16.9 Å². The number of nitrogens with zero attached hydrogens (tertiary/aromatic N) is 1. The molecule has 1 unspecified atom stereocenters. The van der Waals surface area contributed by atoms with Gasteiger partial charge in [-0.05, 0) is 42.7 Å². The molecule has 0 N–H and O–H groups in total. The molecule has 6 heteroatoms. The van der Waals surface area contributed by atoms with Crippen molar-refractivity contribution in [2.24, 2.45) is 0 Å². The van der Waals surface area contributed by atoms with Crippen LogP contribution in [0.1, 0.15) is 16.7 Å². The lowest BCUT2D eigenvalue weighted by atomic mass is 10.0. The first-order valence-corrected chi connectivity index (χ1v) is 7.93. The molecule has 128 valence electrons. The van der Waals surface area contributed by atoms with Gasteiger partial charge in [-0.25, -0.2) is 9.59 Å². The minimum atomic E-state index is -0.584. The number of hydrogen-bond acceptors (Lipinski definition) is 6. The van der Waals surface area contributed by atoms with E-state index in [1.165, 1.54) is 13.2 Å². The van der Waals surface area contributed by atoms with Gasteiger partial charge in [0.2, 0.25) is 0 Å². The zero-order chi connectivity index (χ0) is 17.3. The van der Waals surface area contributed by atoms with E-state index >= 15 is 0 Å². The van der Waals surface area contributed by atoms with Crippen LogP contribution in [0.25, 0.3) is 11.0 Å². The van der Waals surface area contributed by atoms with E-state index in [9.17, 15) is 9.59 Å². The van der Waals surface area contributed by atoms with E-state index in [0.29, 0.717) is 31.8 Å². The Hall–Kier alpha value is -2.18. The summed E-state index contributed by atoms with van der Waals surface area (Å²) in [6.07, 6.45) is -0.584. The largest absolute Gasteiger partial charge is 0.467 e. The predicted molar refractivity (Wildman–Crippen MR) is 89.0 cm³/mol. The minimum absolute atomic E-state index is 0.362. The van der Waals surface area contributed by atoms with Crippen LogP contribution in [0, 0.1) is 13.8 Å². The van der Waals surface area contributed by atoms with Crippen molar-refractivity contribution in [3.05, 3.63) is 45.3 Å². The molecule has 1 saturated heterocycles. The number of fused-ring (bicyclic) bond motifs is 1. The second kappa shape index (κ2) is 6.75. The number of aryl methyl sites for hydroxylation is 2. The maximum Gasteiger partial charge on any atom is 0.336 e. The summed E-state index contributed by atoms with van der Waals surface area (Å²) in [5, 5.41) is 0.929. The van der Waals surface area contributed by atoms with Crippen LogP contribution in [0.15, 0.2) is 27.4 Å². The standard InChI is InChI=1S/C18H21NO5/c1-11-6-14-13(8-17(20)24-15(14)7-12(11)2)9-19-4-5-23-16(10-19)18(21)22-3/h6-8,16H,4-5,9-10H2,1-3H3. The Labute approximate surface area is 140 Å². The molecule has 24 heavy (non-hydrogen) atoms. The van der Waals surface area contributed by atoms with E-state index in [4.69, 9.17) is 13.9 Å². The minimum Gasteiger partial charge on any atom is -0.467 e. The van der Waals surface area contributed by atoms with Crippen LogP contribution in [0.5, 0.6) is 0 Å². The van der Waals surface area contributed by atoms with Crippen molar-refractivity contribution < 1.29 is 18.7 Å². The number of hydrogen-bond donors (Lipinski definition) is 0. The molecule has 0 saturated carbocycles. The molecule has 1 aromatic heterocycles. The van der Waals surface area contributed by atoms with Crippen molar-refractivity contribution in [2.45, 2.75) is 26.5 Å². The third-order valence-corrected chi connectivity index (χ3v) is 4.45. The van der Waals surface area contributed by atoms with Crippen molar-refractivity contribution in [1.29, 1.82) is 0 Å². The van der Waals surface area contributed by atoms with Gasteiger partial charge in [0.15, 0.2) is 6.10 Å². The van der Waals surface area contributed by atoms with Gasteiger partial charge in [0.1, 0.15) is 5.58 Å². The second-order valence-corrected chi connectivity index (χ2v) is 6.14. The van der Waals surface area contributed by atoms with Crippen molar-refractivity contribution in [1.82, 2.24) is 4.90 Å². The van der Waals surface area contributed by atoms with Crippen molar-refractivity contribution in [3.63, 3.8) is 0 Å². The molecule has 2 heterocycles. The molecule has 1 aromatic carbocycles. The van der Waals surface area contributed by atoms with Gasteiger partial charge in [-0.3, -0.25) is 4.90 Å². The van der Waals surface area contributed by atoms with E-state index in [1.54, 1.807) is 0 Å². The summed E-state index contributed by atoms with van der Waals surface area (Å²) in [5.74, 6) is -0.372. The first kappa shape index (κ1) is 16.7. The van der Waals surface area contributed by atoms with Gasteiger partial charge >= 0.3 is 11.6 Å². The number of esters is 1. The zero-order valence-electron chi connectivity index (χ0n) is 14.1. The first-order valence-electron chi connectivity index (χ1n) is 7.93. The topological polar surface area (TPSA) is 69.0 Å². The number of methoxy groups -OCH3 is 1. The Balaban J connectivity index is 1.90. The number of carbonyl (C=O) groups excluding carboxylic acids is 1. The highest BCUT2D eigenvalue weighted by molar-refractivity contribution is 5.82. The fraction of sp³-hybridized carbons (Fsp3) is 0.444. The monoisotopic (exact) mass is 331 g/mol. The van der Waals surface area contributed by atoms with E-state index in [1.807, 2.05) is 26.0 Å². The number of rotatable bonds is 3. The van der Waals surface area contributed by atoms with Crippen LogP contribution in [-0.2, 0) is 20.8 Å². The summed E-state index contributed by atoms with van der Waals surface area (Å²) in [6, 6.07) is 5.47. The summed E-state index contributed by atoms with van der Waals surface area (Å²) in [4.78, 5) is 25.6. The van der Waals surface area contributed by atoms with Gasteiger partial charge < -0.3 is 13.9 Å². The average molecular weight is 331 g/mol. The van der Waals surface area contributed by atoms with Crippen LogP contribution in [0.3, 0.4) is 0 Å². The van der Waals surface area contributed by atoms with Crippen molar-refractivity contribution in [2.75, 3.05) is 26.8 Å². The maximum atomic E-state index is 11.9. The smallest absolute Gasteiger partial charge is 0.336 e. The molecule has 1 atom stereocenters. The number of ether oxygens (including phenoxy) is 2. The van der Waals surface area contributed by atoms with Crippen LogP contribution < -0.4 is 5.63 Å². The van der Waals surface area contributed by atoms with E-state index in [-0.39, 0.29) is 11.6 Å². The lowest BCUT2D eigenvalue weighted by molar-refractivity contribution is -0.160. The molecule has 0 bridgehead atoms. The average Bonchev–Trinajstić information content (AvgIpc) is 2.56. The summed E-state index contributed by atoms with van der Waals surface area (Å²) in [5.41, 5.74) is 3.36. The molecule has 2 aromatic rings. The molecule has 6 nitrogen and oxygen atoms in total. The van der Waals surface area contributed by atoms with Gasteiger partial charge in [0.05, 0.1) is 13.7 Å². The molecule has 0 aliphatic carbocycles. The van der Waals surface area contributed by atoms with Gasteiger partial charge in [-0.15, -0.1) is 0 Å². The fourth-order valence-electron chi connectivity index (χ4n) is 2.97. The number of morpholine rings is 1. The van der Waals surface area contributed by atoms with Crippen LogP contribution in [0.4, 0.5) is 0 Å². The van der Waals surface area contributed by atoms with Crippen molar-refractivity contribution in [3.8, 4) is 0 Å². The highest BCUT2D eigenvalue weighted by atomic mass is 16.6. The molecule has 1 fully saturated rings. The Morgan fingerprint density at radius 2 is 2.04 bits per heavy atom. The summed E-state index contributed by atoms with van der Waals surface area (Å²) in [7, 11) is 1.35. The lowest BCUT2D eigenvalue weighted by Crippen LogP contribution is -2.46. The zero-order valence-corrected chi connectivity index (χ0v) is 14.1. The van der Waals surface area contributed by atoms with E-state index < -0.39 is 6.10 Å². The third kappa shape index (κ3) is 3.34. The van der Waals surface area contributed by atoms with Crippen LogP contribution >= 0.6 is 0 Å². The normalized spacial score (nSPS) is 18.7. The summed E-state index contributed by atoms with van der Waals surface area (Å²) < 4.78 is 15.5. The van der Waals surface area contributed by atoms with Gasteiger partial charge in [0, 0.05) is 31.1 Å². The SMILES string of the molecule is COC(=O)C1CN(Cc2cc(=O)oc3cc(C)c(C)cc23)CCO1. The van der Waals surface area contributed by atoms with Gasteiger partial charge in [0.25, 0.3) is 0 Å². The molecular weight excluding hydrogens is 310 g/mol. The molecule has 3 rings (SSSR count). The third-order valence-electron chi connectivity index (χ3n) is 4.45. The second-order valence-electron chi connectivity index (χ2n) is 6.14. The maximum absolute atomic E-state index is 11.9. The van der Waals surface area contributed by atoms with Gasteiger partial charge in [-0.1, -0.05) is 0 Å². The summed E-state index contributed by atoms with van der Waals surface area (Å²) in [6.45, 7) is 6.17. The highest BCUT2D eigenvalue weighted by Gasteiger charge is 2.27. The molecule has 0 amide bonds. The Morgan fingerprint density at radius 3 is 2.79 bits per heavy atom. The quantitative estimate of drug-likeness (QED) is 0.631. The van der Waals surface area contributed by atoms with Crippen LogP contribution in [-0.4, -0.2) is 43.8 Å². The molecular formula is C18H21NO5. The highest BCUT2D eigenvalue weighted by Crippen LogP contribution is 2.23. The van der Waals surface area contributed by atoms with E-state index in [2.05, 4.69) is 4.90 Å².